The van der Waals surface area contributed by atoms with Gasteiger partial charge in [-0.05, 0) is 18.6 Å². The van der Waals surface area contributed by atoms with E-state index >= 15 is 0 Å². The van der Waals surface area contributed by atoms with Gasteiger partial charge in [0.25, 0.3) is 0 Å². The lowest BCUT2D eigenvalue weighted by molar-refractivity contribution is 1.47. The minimum absolute atomic E-state index is 0.650. The molecule has 0 saturated heterocycles. The number of nitrogens with two attached hydrogens (primary N) is 1. The summed E-state index contributed by atoms with van der Waals surface area (Å²) in [6, 6.07) is 5.60. The Kier molecular flexibility index (Phi) is 10.7. The standard InChI is InChI=1S/C7H8ClN.2C2H6/c1-5-3-2-4-6(9)7(5)8;2*1-2/h2-4H,9H2,1H3;2*1-2H3. The van der Waals surface area contributed by atoms with Crippen molar-refractivity contribution < 1.29 is 0 Å². The van der Waals surface area contributed by atoms with Crippen molar-refractivity contribution >= 4 is 17.3 Å². The number of nitrogen functional groups attached to an aromatic ring is 1. The maximum atomic E-state index is 5.75. The van der Waals surface area contributed by atoms with Gasteiger partial charge in [-0.25, -0.2) is 0 Å². The van der Waals surface area contributed by atoms with Crippen molar-refractivity contribution in [3.05, 3.63) is 28.8 Å². The number of rotatable bonds is 0. The average molecular weight is 202 g/mol. The predicted octanol–water partition coefficient (Wildman–Crippen LogP) is 4.28. The Morgan fingerprint density at radius 3 is 1.85 bits per heavy atom. The van der Waals surface area contributed by atoms with E-state index in [4.69, 9.17) is 17.3 Å². The van der Waals surface area contributed by atoms with Crippen molar-refractivity contribution in [3.63, 3.8) is 0 Å². The van der Waals surface area contributed by atoms with Crippen LogP contribution in [-0.2, 0) is 0 Å². The molecule has 2 N–H and O–H groups in total. The van der Waals surface area contributed by atoms with Gasteiger partial charge in [0.2, 0.25) is 0 Å². The van der Waals surface area contributed by atoms with Crippen LogP contribution in [0.15, 0.2) is 18.2 Å². The zero-order chi connectivity index (χ0) is 10.9. The summed E-state index contributed by atoms with van der Waals surface area (Å²) in [6.07, 6.45) is 0. The van der Waals surface area contributed by atoms with E-state index in [1.54, 1.807) is 6.07 Å². The van der Waals surface area contributed by atoms with E-state index in [0.29, 0.717) is 10.7 Å². The normalized spacial score (nSPS) is 7.54. The number of benzene rings is 1. The van der Waals surface area contributed by atoms with Gasteiger partial charge in [0.05, 0.1) is 10.7 Å². The SMILES string of the molecule is CC.CC.Cc1cccc(N)c1Cl. The topological polar surface area (TPSA) is 26.0 Å². The van der Waals surface area contributed by atoms with Crippen LogP contribution in [0.5, 0.6) is 0 Å². The summed E-state index contributed by atoms with van der Waals surface area (Å²) in [4.78, 5) is 0. The van der Waals surface area contributed by atoms with Gasteiger partial charge in [0, 0.05) is 0 Å². The molecule has 0 aromatic heterocycles. The zero-order valence-electron chi connectivity index (χ0n) is 9.19. The zero-order valence-corrected chi connectivity index (χ0v) is 9.94. The number of halogens is 1. The summed E-state index contributed by atoms with van der Waals surface area (Å²) >= 11 is 5.75. The fraction of sp³-hybridized carbons (Fsp3) is 0.455. The molecule has 1 aromatic carbocycles. The highest BCUT2D eigenvalue weighted by molar-refractivity contribution is 6.33. The minimum atomic E-state index is 0.650. The van der Waals surface area contributed by atoms with Crippen molar-refractivity contribution in [3.8, 4) is 0 Å². The molecule has 1 nitrogen and oxygen atoms in total. The van der Waals surface area contributed by atoms with Crippen molar-refractivity contribution in [2.45, 2.75) is 34.6 Å². The molecule has 1 aromatic rings. The first-order valence-corrected chi connectivity index (χ1v) is 5.10. The highest BCUT2D eigenvalue weighted by atomic mass is 35.5. The van der Waals surface area contributed by atoms with Crippen molar-refractivity contribution in [1.82, 2.24) is 0 Å². The predicted molar refractivity (Wildman–Crippen MR) is 63.3 cm³/mol. The van der Waals surface area contributed by atoms with Gasteiger partial charge in [-0.15, -0.1) is 0 Å². The molecule has 1 rings (SSSR count). The van der Waals surface area contributed by atoms with Crippen molar-refractivity contribution in [2.24, 2.45) is 0 Å². The van der Waals surface area contributed by atoms with E-state index in [2.05, 4.69) is 0 Å². The number of aryl methyl sites for hydroxylation is 1. The van der Waals surface area contributed by atoms with Crippen molar-refractivity contribution in [2.75, 3.05) is 5.73 Å². The van der Waals surface area contributed by atoms with Crippen LogP contribution in [0.4, 0.5) is 5.69 Å². The Balaban J connectivity index is 0. The van der Waals surface area contributed by atoms with E-state index in [-0.39, 0.29) is 0 Å². The van der Waals surface area contributed by atoms with Crippen LogP contribution >= 0.6 is 11.6 Å². The van der Waals surface area contributed by atoms with E-state index in [1.165, 1.54) is 0 Å². The van der Waals surface area contributed by atoms with Gasteiger partial charge in [-0.2, -0.15) is 0 Å². The average Bonchev–Trinajstić information content (AvgIpc) is 2.20. The highest BCUT2D eigenvalue weighted by Gasteiger charge is 1.95. The Bertz CT molecular complexity index is 201. The molecule has 0 unspecified atom stereocenters. The van der Waals surface area contributed by atoms with Gasteiger partial charge in [-0.1, -0.05) is 51.4 Å². The van der Waals surface area contributed by atoms with E-state index in [9.17, 15) is 0 Å². The van der Waals surface area contributed by atoms with Gasteiger partial charge in [0.1, 0.15) is 0 Å². The lowest BCUT2D eigenvalue weighted by atomic mass is 10.2. The van der Waals surface area contributed by atoms with Crippen LogP contribution in [0.2, 0.25) is 5.02 Å². The number of hydrogen-bond acceptors (Lipinski definition) is 1. The van der Waals surface area contributed by atoms with Crippen LogP contribution in [0.3, 0.4) is 0 Å². The maximum absolute atomic E-state index is 5.75. The maximum Gasteiger partial charge on any atom is 0.0664 e. The smallest absolute Gasteiger partial charge is 0.0664 e. The summed E-state index contributed by atoms with van der Waals surface area (Å²) in [5.41, 5.74) is 7.16. The summed E-state index contributed by atoms with van der Waals surface area (Å²) < 4.78 is 0. The second kappa shape index (κ2) is 9.40. The number of anilines is 1. The molecule has 13 heavy (non-hydrogen) atoms. The molecule has 0 bridgehead atoms. The Labute approximate surface area is 86.9 Å². The van der Waals surface area contributed by atoms with E-state index < -0.39 is 0 Å². The molecule has 0 spiro atoms. The van der Waals surface area contributed by atoms with Crippen LogP contribution in [0.1, 0.15) is 33.3 Å². The van der Waals surface area contributed by atoms with Gasteiger partial charge >= 0.3 is 0 Å². The Morgan fingerprint density at radius 2 is 1.54 bits per heavy atom. The summed E-state index contributed by atoms with van der Waals surface area (Å²) in [7, 11) is 0. The summed E-state index contributed by atoms with van der Waals surface area (Å²) in [6.45, 7) is 9.93. The molecule has 0 amide bonds. The molecule has 2 heteroatoms. The monoisotopic (exact) mass is 201 g/mol. The quantitative estimate of drug-likeness (QED) is 0.623. The third-order valence-electron chi connectivity index (χ3n) is 1.22. The molecular weight excluding hydrogens is 182 g/mol. The third kappa shape index (κ3) is 5.53. The minimum Gasteiger partial charge on any atom is -0.398 e. The molecule has 0 atom stereocenters. The van der Waals surface area contributed by atoms with Gasteiger partial charge in [-0.3, -0.25) is 0 Å². The molecule has 0 aliphatic rings. The molecule has 0 heterocycles. The molecule has 76 valence electrons. The molecule has 0 aliphatic heterocycles. The van der Waals surface area contributed by atoms with Crippen LogP contribution in [0.25, 0.3) is 0 Å². The first kappa shape index (κ1) is 14.8. The molecule has 0 saturated carbocycles. The fourth-order valence-electron chi connectivity index (χ4n) is 0.670. The Morgan fingerprint density at radius 1 is 1.08 bits per heavy atom. The highest BCUT2D eigenvalue weighted by Crippen LogP contribution is 2.21. The first-order valence-electron chi connectivity index (χ1n) is 4.72. The third-order valence-corrected chi connectivity index (χ3v) is 1.74. The summed E-state index contributed by atoms with van der Waals surface area (Å²) in [5, 5.41) is 0.664. The largest absolute Gasteiger partial charge is 0.398 e. The second-order valence-electron chi connectivity index (χ2n) is 1.98. The number of hydrogen-bond donors (Lipinski definition) is 1. The molecular formula is C11H20ClN. The van der Waals surface area contributed by atoms with Crippen LogP contribution < -0.4 is 5.73 Å². The molecule has 0 fully saturated rings. The summed E-state index contributed by atoms with van der Waals surface area (Å²) in [5.74, 6) is 0. The molecule has 0 aliphatic carbocycles. The van der Waals surface area contributed by atoms with Crippen molar-refractivity contribution in [1.29, 1.82) is 0 Å². The molecule has 0 radical (unpaired) electrons. The first-order chi connectivity index (χ1) is 6.22. The van der Waals surface area contributed by atoms with Gasteiger partial charge < -0.3 is 5.73 Å². The lowest BCUT2D eigenvalue weighted by Crippen LogP contribution is -1.86. The van der Waals surface area contributed by atoms with Gasteiger partial charge in [0.15, 0.2) is 0 Å². The fourth-order valence-corrected chi connectivity index (χ4v) is 0.796. The second-order valence-corrected chi connectivity index (χ2v) is 2.36. The van der Waals surface area contributed by atoms with Crippen LogP contribution in [-0.4, -0.2) is 0 Å². The van der Waals surface area contributed by atoms with Crippen LogP contribution in [0, 0.1) is 6.92 Å². The lowest BCUT2D eigenvalue weighted by Gasteiger charge is -1.98. The Hall–Kier alpha value is -0.690. The van der Waals surface area contributed by atoms with E-state index in [1.807, 2.05) is 46.8 Å². The van der Waals surface area contributed by atoms with E-state index in [0.717, 1.165) is 5.56 Å².